The van der Waals surface area contributed by atoms with Crippen molar-refractivity contribution in [2.45, 2.75) is 19.6 Å². The van der Waals surface area contributed by atoms with Gasteiger partial charge in [-0.1, -0.05) is 0 Å². The third-order valence-electron chi connectivity index (χ3n) is 3.60. The number of halogens is 1. The maximum Gasteiger partial charge on any atom is 0.246 e. The summed E-state index contributed by atoms with van der Waals surface area (Å²) < 4.78 is 29.9. The lowest BCUT2D eigenvalue weighted by Crippen LogP contribution is -2.38. The Kier molecular flexibility index (Phi) is 4.35. The summed E-state index contributed by atoms with van der Waals surface area (Å²) in [5.74, 6) is 1.40. The van der Waals surface area contributed by atoms with E-state index in [4.69, 9.17) is 13.9 Å². The molecule has 1 aromatic carbocycles. The van der Waals surface area contributed by atoms with E-state index in [1.54, 1.807) is 20.1 Å². The molecule has 0 bridgehead atoms. The quantitative estimate of drug-likeness (QED) is 0.862. The Bertz CT molecular complexity index is 647. The van der Waals surface area contributed by atoms with Crippen LogP contribution in [0.15, 0.2) is 22.6 Å². The Hall–Kier alpha value is -1.99. The SMILES string of the molecule is COc1ccc(F)cc1CN1CCOC(c2nnc(C)o2)C1. The van der Waals surface area contributed by atoms with Crippen LogP contribution in [0.5, 0.6) is 5.75 Å². The van der Waals surface area contributed by atoms with Crippen molar-refractivity contribution in [3.63, 3.8) is 0 Å². The van der Waals surface area contributed by atoms with Gasteiger partial charge in [-0.15, -0.1) is 10.2 Å². The standard InChI is InChI=1S/C15H18FN3O3/c1-10-17-18-15(22-10)14-9-19(5-6-21-14)8-11-7-12(16)3-4-13(11)20-2/h3-4,7,14H,5-6,8-9H2,1-2H3. The van der Waals surface area contributed by atoms with Crippen LogP contribution in [-0.4, -0.2) is 41.9 Å². The van der Waals surface area contributed by atoms with Crippen LogP contribution in [0, 0.1) is 12.7 Å². The van der Waals surface area contributed by atoms with Crippen LogP contribution in [0.4, 0.5) is 4.39 Å². The predicted molar refractivity (Wildman–Crippen MR) is 76.0 cm³/mol. The Morgan fingerprint density at radius 2 is 2.27 bits per heavy atom. The second kappa shape index (κ2) is 6.41. The van der Waals surface area contributed by atoms with Crippen molar-refractivity contribution in [2.75, 3.05) is 26.8 Å². The fourth-order valence-corrected chi connectivity index (χ4v) is 2.55. The number of morpholine rings is 1. The number of nitrogens with zero attached hydrogens (tertiary/aromatic N) is 3. The summed E-state index contributed by atoms with van der Waals surface area (Å²) in [6.45, 7) is 4.25. The molecule has 118 valence electrons. The van der Waals surface area contributed by atoms with Gasteiger partial charge in [0.25, 0.3) is 0 Å². The van der Waals surface area contributed by atoms with Crippen LogP contribution >= 0.6 is 0 Å². The van der Waals surface area contributed by atoms with E-state index in [1.165, 1.54) is 12.1 Å². The molecule has 2 aromatic rings. The van der Waals surface area contributed by atoms with Crippen molar-refractivity contribution in [1.29, 1.82) is 0 Å². The molecule has 1 aliphatic heterocycles. The number of methoxy groups -OCH3 is 1. The van der Waals surface area contributed by atoms with Gasteiger partial charge in [-0.25, -0.2) is 4.39 Å². The summed E-state index contributed by atoms with van der Waals surface area (Å²) in [5.41, 5.74) is 0.810. The molecule has 6 nitrogen and oxygen atoms in total. The van der Waals surface area contributed by atoms with Gasteiger partial charge in [0, 0.05) is 32.1 Å². The Balaban J connectivity index is 1.71. The lowest BCUT2D eigenvalue weighted by atomic mass is 10.1. The zero-order valence-electron chi connectivity index (χ0n) is 12.6. The molecule has 1 fully saturated rings. The molecule has 0 saturated carbocycles. The van der Waals surface area contributed by atoms with Crippen LogP contribution in [-0.2, 0) is 11.3 Å². The van der Waals surface area contributed by atoms with Gasteiger partial charge in [0.1, 0.15) is 17.7 Å². The first-order valence-electron chi connectivity index (χ1n) is 7.12. The van der Waals surface area contributed by atoms with E-state index < -0.39 is 0 Å². The first kappa shape index (κ1) is 14.9. The lowest BCUT2D eigenvalue weighted by molar-refractivity contribution is -0.0458. The van der Waals surface area contributed by atoms with Gasteiger partial charge in [0.05, 0.1) is 13.7 Å². The third-order valence-corrected chi connectivity index (χ3v) is 3.60. The summed E-state index contributed by atoms with van der Waals surface area (Å²) >= 11 is 0. The number of ether oxygens (including phenoxy) is 2. The van der Waals surface area contributed by atoms with E-state index >= 15 is 0 Å². The second-order valence-electron chi connectivity index (χ2n) is 5.21. The molecule has 1 aliphatic rings. The zero-order chi connectivity index (χ0) is 15.5. The van der Waals surface area contributed by atoms with Gasteiger partial charge in [0.15, 0.2) is 0 Å². The summed E-state index contributed by atoms with van der Waals surface area (Å²) in [7, 11) is 1.58. The minimum absolute atomic E-state index is 0.255. The number of hydrogen-bond acceptors (Lipinski definition) is 6. The normalized spacial score (nSPS) is 19.3. The average Bonchev–Trinajstić information content (AvgIpc) is 2.94. The molecule has 1 unspecified atom stereocenters. The van der Waals surface area contributed by atoms with Crippen LogP contribution in [0.2, 0.25) is 0 Å². The third kappa shape index (κ3) is 3.26. The van der Waals surface area contributed by atoms with E-state index in [-0.39, 0.29) is 11.9 Å². The minimum Gasteiger partial charge on any atom is -0.496 e. The van der Waals surface area contributed by atoms with Crippen LogP contribution in [0.25, 0.3) is 0 Å². The predicted octanol–water partition coefficient (Wildman–Crippen LogP) is 2.10. The van der Waals surface area contributed by atoms with Crippen molar-refractivity contribution in [3.8, 4) is 5.75 Å². The first-order chi connectivity index (χ1) is 10.7. The average molecular weight is 307 g/mol. The second-order valence-corrected chi connectivity index (χ2v) is 5.21. The maximum atomic E-state index is 13.5. The number of rotatable bonds is 4. The molecule has 1 atom stereocenters. The lowest BCUT2D eigenvalue weighted by Gasteiger charge is -2.31. The molecule has 2 heterocycles. The van der Waals surface area contributed by atoms with Gasteiger partial charge in [-0.3, -0.25) is 4.90 Å². The summed E-state index contributed by atoms with van der Waals surface area (Å²) in [6.07, 6.45) is -0.255. The molecule has 0 spiro atoms. The number of hydrogen-bond donors (Lipinski definition) is 0. The van der Waals surface area contributed by atoms with Gasteiger partial charge >= 0.3 is 0 Å². The molecular formula is C15H18FN3O3. The topological polar surface area (TPSA) is 60.6 Å². The molecule has 1 aromatic heterocycles. The highest BCUT2D eigenvalue weighted by Gasteiger charge is 2.26. The number of aryl methyl sites for hydroxylation is 1. The Labute approximate surface area is 127 Å². The molecule has 0 N–H and O–H groups in total. The molecule has 0 aliphatic carbocycles. The maximum absolute atomic E-state index is 13.5. The molecular weight excluding hydrogens is 289 g/mol. The monoisotopic (exact) mass is 307 g/mol. The molecule has 0 amide bonds. The van der Waals surface area contributed by atoms with Crippen LogP contribution in [0.1, 0.15) is 23.4 Å². The van der Waals surface area contributed by atoms with Crippen molar-refractivity contribution in [1.82, 2.24) is 15.1 Å². The van der Waals surface area contributed by atoms with E-state index in [9.17, 15) is 4.39 Å². The van der Waals surface area contributed by atoms with Gasteiger partial charge in [0.2, 0.25) is 11.8 Å². The van der Waals surface area contributed by atoms with Crippen molar-refractivity contribution < 1.29 is 18.3 Å². The van der Waals surface area contributed by atoms with Gasteiger partial charge in [-0.05, 0) is 18.2 Å². The van der Waals surface area contributed by atoms with Crippen LogP contribution < -0.4 is 4.74 Å². The van der Waals surface area contributed by atoms with Gasteiger partial charge < -0.3 is 13.9 Å². The van der Waals surface area contributed by atoms with E-state index in [1.807, 2.05) is 0 Å². The minimum atomic E-state index is -0.270. The molecule has 22 heavy (non-hydrogen) atoms. The first-order valence-corrected chi connectivity index (χ1v) is 7.12. The van der Waals surface area contributed by atoms with E-state index in [2.05, 4.69) is 15.1 Å². The highest BCUT2D eigenvalue weighted by molar-refractivity contribution is 5.33. The van der Waals surface area contributed by atoms with Gasteiger partial charge in [-0.2, -0.15) is 0 Å². The summed E-state index contributed by atoms with van der Waals surface area (Å²) in [6, 6.07) is 4.54. The van der Waals surface area contributed by atoms with Crippen molar-refractivity contribution in [3.05, 3.63) is 41.4 Å². The van der Waals surface area contributed by atoms with Crippen LogP contribution in [0.3, 0.4) is 0 Å². The smallest absolute Gasteiger partial charge is 0.246 e. The largest absolute Gasteiger partial charge is 0.496 e. The Morgan fingerprint density at radius 1 is 1.41 bits per heavy atom. The van der Waals surface area contributed by atoms with E-state index in [0.29, 0.717) is 37.2 Å². The molecule has 7 heteroatoms. The summed E-state index contributed by atoms with van der Waals surface area (Å²) in [5, 5.41) is 7.83. The van der Waals surface area contributed by atoms with Crippen molar-refractivity contribution in [2.24, 2.45) is 0 Å². The number of benzene rings is 1. The van der Waals surface area contributed by atoms with Crippen molar-refractivity contribution >= 4 is 0 Å². The molecule has 1 saturated heterocycles. The molecule has 0 radical (unpaired) electrons. The fourth-order valence-electron chi connectivity index (χ4n) is 2.55. The Morgan fingerprint density at radius 3 is 3.00 bits per heavy atom. The summed E-state index contributed by atoms with van der Waals surface area (Å²) in [4.78, 5) is 2.16. The molecule has 3 rings (SSSR count). The van der Waals surface area contributed by atoms with E-state index in [0.717, 1.165) is 12.1 Å². The number of aromatic nitrogens is 2. The zero-order valence-corrected chi connectivity index (χ0v) is 12.6. The fraction of sp³-hybridized carbons (Fsp3) is 0.467. The highest BCUT2D eigenvalue weighted by atomic mass is 19.1. The highest BCUT2D eigenvalue weighted by Crippen LogP contribution is 2.25.